The van der Waals surface area contributed by atoms with Gasteiger partial charge >= 0.3 is 5.97 Å². The molecule has 5 nitrogen and oxygen atoms in total. The highest BCUT2D eigenvalue weighted by Gasteiger charge is 2.27. The number of ether oxygens (including phenoxy) is 1. The van der Waals surface area contributed by atoms with Crippen molar-refractivity contribution in [3.8, 4) is 0 Å². The Kier molecular flexibility index (Phi) is 4.73. The Hall–Kier alpha value is -1.40. The number of esters is 1. The first-order valence-electron chi connectivity index (χ1n) is 7.93. The lowest BCUT2D eigenvalue weighted by Gasteiger charge is -2.34. The highest BCUT2D eigenvalue weighted by atomic mass is 35.5. The van der Waals surface area contributed by atoms with Gasteiger partial charge in [-0.1, -0.05) is 0 Å². The summed E-state index contributed by atoms with van der Waals surface area (Å²) in [7, 11) is 0. The van der Waals surface area contributed by atoms with Crippen LogP contribution in [0.5, 0.6) is 0 Å². The van der Waals surface area contributed by atoms with Crippen LogP contribution in [-0.4, -0.2) is 35.1 Å². The lowest BCUT2D eigenvalue weighted by Crippen LogP contribution is -2.38. The molecule has 2 aromatic heterocycles. The first kappa shape index (κ1) is 16.5. The van der Waals surface area contributed by atoms with Crippen molar-refractivity contribution in [1.29, 1.82) is 0 Å². The zero-order valence-electron chi connectivity index (χ0n) is 13.6. The number of nitrogens with zero attached hydrogens (tertiary/aromatic N) is 3. The molecule has 1 saturated heterocycles. The number of carbonyl (C=O) groups excluding carboxylic acids is 1. The summed E-state index contributed by atoms with van der Waals surface area (Å²) in [6.07, 6.45) is 3.51. The van der Waals surface area contributed by atoms with E-state index in [0.29, 0.717) is 17.5 Å². The maximum Gasteiger partial charge on any atom is 0.348 e. The number of thiophene rings is 1. The van der Waals surface area contributed by atoms with Crippen molar-refractivity contribution >= 4 is 44.9 Å². The summed E-state index contributed by atoms with van der Waals surface area (Å²) >= 11 is 7.46. The maximum absolute atomic E-state index is 12.2. The predicted octanol–water partition coefficient (Wildman–Crippen LogP) is 4.21. The van der Waals surface area contributed by atoms with Gasteiger partial charge in [0.15, 0.2) is 0 Å². The third-order valence-electron chi connectivity index (χ3n) is 4.28. The van der Waals surface area contributed by atoms with Crippen molar-refractivity contribution in [1.82, 2.24) is 9.97 Å². The summed E-state index contributed by atoms with van der Waals surface area (Å²) in [5, 5.41) is 1.15. The zero-order chi connectivity index (χ0) is 16.6. The molecule has 1 unspecified atom stereocenters. The minimum atomic E-state index is -0.304. The normalized spacial score (nSPS) is 18.4. The number of anilines is 1. The lowest BCUT2D eigenvalue weighted by molar-refractivity contribution is 0.0531. The molecule has 0 aromatic carbocycles. The Balaban J connectivity index is 2.15. The van der Waals surface area contributed by atoms with Crippen LogP contribution in [0.25, 0.3) is 10.2 Å². The molecular weight excluding hydrogens is 334 g/mol. The molecule has 1 aliphatic rings. The molecule has 0 aliphatic carbocycles. The van der Waals surface area contributed by atoms with Crippen LogP contribution in [0.1, 0.15) is 48.3 Å². The van der Waals surface area contributed by atoms with Gasteiger partial charge in [-0.2, -0.15) is 4.98 Å². The summed E-state index contributed by atoms with van der Waals surface area (Å²) in [6, 6.07) is 0.406. The molecule has 23 heavy (non-hydrogen) atoms. The number of carbonyl (C=O) groups is 1. The first-order valence-corrected chi connectivity index (χ1v) is 9.12. The SMILES string of the molecule is CCOC(=O)c1sc2nc(Cl)nc(N3CCCCC3C)c2c1C. The molecule has 124 valence electrons. The van der Waals surface area contributed by atoms with Crippen LogP contribution in [0, 0.1) is 6.92 Å². The molecule has 1 fully saturated rings. The topological polar surface area (TPSA) is 55.3 Å². The van der Waals surface area contributed by atoms with Gasteiger partial charge in [0.2, 0.25) is 5.28 Å². The Morgan fingerprint density at radius 1 is 1.43 bits per heavy atom. The summed E-state index contributed by atoms with van der Waals surface area (Å²) in [6.45, 7) is 7.25. The van der Waals surface area contributed by atoms with Crippen LogP contribution >= 0.6 is 22.9 Å². The van der Waals surface area contributed by atoms with E-state index in [4.69, 9.17) is 16.3 Å². The van der Waals surface area contributed by atoms with Gasteiger partial charge in [0.1, 0.15) is 15.5 Å². The van der Waals surface area contributed by atoms with Gasteiger partial charge in [-0.15, -0.1) is 11.3 Å². The summed E-state index contributed by atoms with van der Waals surface area (Å²) in [5.41, 5.74) is 0.882. The fourth-order valence-corrected chi connectivity index (χ4v) is 4.39. The van der Waals surface area contributed by atoms with E-state index in [1.54, 1.807) is 6.92 Å². The minimum Gasteiger partial charge on any atom is -0.462 e. The van der Waals surface area contributed by atoms with Gasteiger partial charge in [-0.3, -0.25) is 0 Å². The molecule has 7 heteroatoms. The monoisotopic (exact) mass is 353 g/mol. The molecule has 0 saturated carbocycles. The first-order chi connectivity index (χ1) is 11.0. The van der Waals surface area contributed by atoms with Crippen LogP contribution < -0.4 is 4.90 Å². The van der Waals surface area contributed by atoms with Gasteiger partial charge in [0.05, 0.1) is 12.0 Å². The second-order valence-corrected chi connectivity index (χ2v) is 7.15. The van der Waals surface area contributed by atoms with E-state index in [1.807, 2.05) is 6.92 Å². The highest BCUT2D eigenvalue weighted by molar-refractivity contribution is 7.20. The van der Waals surface area contributed by atoms with Crippen LogP contribution in [0.15, 0.2) is 0 Å². The number of aromatic nitrogens is 2. The highest BCUT2D eigenvalue weighted by Crippen LogP contribution is 2.38. The fourth-order valence-electron chi connectivity index (χ4n) is 3.10. The number of aryl methyl sites for hydroxylation is 1. The molecule has 0 amide bonds. The quantitative estimate of drug-likeness (QED) is 0.611. The number of piperidine rings is 1. The predicted molar refractivity (Wildman–Crippen MR) is 93.8 cm³/mol. The molecule has 1 aliphatic heterocycles. The van der Waals surface area contributed by atoms with E-state index >= 15 is 0 Å². The number of hydrogen-bond donors (Lipinski definition) is 0. The number of fused-ring (bicyclic) bond motifs is 1. The number of hydrogen-bond acceptors (Lipinski definition) is 6. The molecule has 3 heterocycles. The van der Waals surface area contributed by atoms with Crippen LogP contribution in [0.3, 0.4) is 0 Å². The van der Waals surface area contributed by atoms with Crippen LogP contribution in [0.4, 0.5) is 5.82 Å². The lowest BCUT2D eigenvalue weighted by atomic mass is 10.0. The van der Waals surface area contributed by atoms with Crippen molar-refractivity contribution < 1.29 is 9.53 Å². The van der Waals surface area contributed by atoms with Gasteiger partial charge in [-0.05, 0) is 57.2 Å². The summed E-state index contributed by atoms with van der Waals surface area (Å²) in [5.74, 6) is 0.540. The molecule has 0 bridgehead atoms. The molecule has 3 rings (SSSR count). The van der Waals surface area contributed by atoms with Gasteiger partial charge < -0.3 is 9.64 Å². The van der Waals surface area contributed by atoms with Crippen molar-refractivity contribution in [3.05, 3.63) is 15.7 Å². The second-order valence-electron chi connectivity index (χ2n) is 5.81. The van der Waals surface area contributed by atoms with E-state index in [1.165, 1.54) is 17.8 Å². The average Bonchev–Trinajstić information content (AvgIpc) is 2.84. The van der Waals surface area contributed by atoms with E-state index < -0.39 is 0 Å². The van der Waals surface area contributed by atoms with Gasteiger partial charge in [0, 0.05) is 12.6 Å². The Morgan fingerprint density at radius 2 is 2.22 bits per heavy atom. The zero-order valence-corrected chi connectivity index (χ0v) is 15.1. The fraction of sp³-hybridized carbons (Fsp3) is 0.562. The number of halogens is 1. The standard InChI is InChI=1S/C16H20ClN3O2S/c1-4-22-15(21)12-10(3)11-13(18-16(17)19-14(11)23-12)20-8-6-5-7-9(20)2/h9H,4-8H2,1-3H3. The van der Waals surface area contributed by atoms with E-state index in [2.05, 4.69) is 21.8 Å². The largest absolute Gasteiger partial charge is 0.462 e. The van der Waals surface area contributed by atoms with Gasteiger partial charge in [-0.25, -0.2) is 9.78 Å². The van der Waals surface area contributed by atoms with E-state index in [9.17, 15) is 4.79 Å². The van der Waals surface area contributed by atoms with Crippen LogP contribution in [-0.2, 0) is 4.74 Å². The van der Waals surface area contributed by atoms with Crippen molar-refractivity contribution in [2.24, 2.45) is 0 Å². The molecule has 0 spiro atoms. The van der Waals surface area contributed by atoms with Crippen molar-refractivity contribution in [2.45, 2.75) is 46.1 Å². The number of rotatable bonds is 3. The van der Waals surface area contributed by atoms with Crippen LogP contribution in [0.2, 0.25) is 5.28 Å². The van der Waals surface area contributed by atoms with Crippen molar-refractivity contribution in [3.63, 3.8) is 0 Å². The molecule has 1 atom stereocenters. The Bertz CT molecular complexity index is 746. The Labute approximate surface area is 144 Å². The molecule has 0 radical (unpaired) electrons. The second kappa shape index (κ2) is 6.61. The smallest absolute Gasteiger partial charge is 0.348 e. The van der Waals surface area contributed by atoms with E-state index in [0.717, 1.165) is 41.0 Å². The summed E-state index contributed by atoms with van der Waals surface area (Å²) in [4.78, 5) is 24.6. The Morgan fingerprint density at radius 3 is 2.91 bits per heavy atom. The average molecular weight is 354 g/mol. The molecule has 2 aromatic rings. The molecular formula is C16H20ClN3O2S. The van der Waals surface area contributed by atoms with E-state index in [-0.39, 0.29) is 11.3 Å². The summed E-state index contributed by atoms with van der Waals surface area (Å²) < 4.78 is 5.15. The van der Waals surface area contributed by atoms with Gasteiger partial charge in [0.25, 0.3) is 0 Å². The minimum absolute atomic E-state index is 0.224. The third-order valence-corrected chi connectivity index (χ3v) is 5.61. The van der Waals surface area contributed by atoms with Crippen molar-refractivity contribution in [2.75, 3.05) is 18.1 Å². The molecule has 0 N–H and O–H groups in total. The third kappa shape index (κ3) is 3.02. The maximum atomic E-state index is 12.2.